The van der Waals surface area contributed by atoms with Crippen LogP contribution in [0, 0.1) is 0 Å². The number of para-hydroxylation sites is 2. The molecule has 0 spiro atoms. The van der Waals surface area contributed by atoms with Gasteiger partial charge in [0.1, 0.15) is 22.9 Å². The fraction of sp³-hybridized carbons (Fsp3) is 0.154. The van der Waals surface area contributed by atoms with Crippen molar-refractivity contribution in [2.45, 2.75) is 18.0 Å². The standard InChI is InChI=1S/C26H24N4O7S.Na.H/c1-36-21-9-5-3-7-16(21)14-27-29-23-19-12-11-18(38(33,34)35)13-20(19)24(26(32)25(23)31)30-28-15-17-8-4-6-10-22(17)37-2;;/h3-13,31-32H,14-15H2,1-2H3,(H,33,34,35);;. The molecule has 4 rings (SSSR count). The quantitative estimate of drug-likeness (QED) is 0.106. The fourth-order valence-electron chi connectivity index (χ4n) is 3.80. The number of nitrogens with zero attached hydrogens (tertiary/aromatic N) is 4. The number of azo groups is 2. The van der Waals surface area contributed by atoms with E-state index in [0.29, 0.717) is 17.1 Å². The van der Waals surface area contributed by atoms with Gasteiger partial charge in [-0.1, -0.05) is 42.5 Å². The van der Waals surface area contributed by atoms with Crippen LogP contribution in [0.4, 0.5) is 11.4 Å². The van der Waals surface area contributed by atoms with Gasteiger partial charge in [0.2, 0.25) is 0 Å². The van der Waals surface area contributed by atoms with Crippen molar-refractivity contribution in [3.8, 4) is 23.0 Å². The van der Waals surface area contributed by atoms with Gasteiger partial charge in [0.05, 0.1) is 32.2 Å². The van der Waals surface area contributed by atoms with Gasteiger partial charge in [0, 0.05) is 21.9 Å². The predicted molar refractivity (Wildman–Crippen MR) is 147 cm³/mol. The summed E-state index contributed by atoms with van der Waals surface area (Å²) in [4.78, 5) is -0.437. The van der Waals surface area contributed by atoms with E-state index in [0.717, 1.165) is 17.7 Å². The zero-order valence-corrected chi connectivity index (χ0v) is 21.3. The van der Waals surface area contributed by atoms with Gasteiger partial charge in [-0.05, 0) is 24.3 Å². The van der Waals surface area contributed by atoms with Crippen LogP contribution in [0.15, 0.2) is 92.1 Å². The number of methoxy groups -OCH3 is 2. The Morgan fingerprint density at radius 3 is 1.64 bits per heavy atom. The predicted octanol–water partition coefficient (Wildman–Crippen LogP) is 5.43. The first kappa shape index (κ1) is 30.0. The molecule has 0 aliphatic rings. The van der Waals surface area contributed by atoms with Crippen molar-refractivity contribution < 1.29 is 32.7 Å². The first-order valence-corrected chi connectivity index (χ1v) is 12.7. The average molecular weight is 561 g/mol. The molecule has 13 heteroatoms. The number of hydrogen-bond acceptors (Lipinski definition) is 10. The van der Waals surface area contributed by atoms with Crippen LogP contribution in [0.5, 0.6) is 23.0 Å². The molecule has 0 heterocycles. The van der Waals surface area contributed by atoms with E-state index in [-0.39, 0.29) is 64.8 Å². The van der Waals surface area contributed by atoms with Crippen molar-refractivity contribution in [1.82, 2.24) is 0 Å². The average Bonchev–Trinajstić information content (AvgIpc) is 2.92. The molecule has 0 aliphatic carbocycles. The third kappa shape index (κ3) is 6.72. The molecule has 0 radical (unpaired) electrons. The Balaban J connectivity index is 0.00000420. The minimum absolute atomic E-state index is 0. The normalized spacial score (nSPS) is 11.7. The third-order valence-electron chi connectivity index (χ3n) is 5.68. The van der Waals surface area contributed by atoms with E-state index in [4.69, 9.17) is 9.47 Å². The van der Waals surface area contributed by atoms with Gasteiger partial charge < -0.3 is 19.7 Å². The van der Waals surface area contributed by atoms with E-state index in [9.17, 15) is 23.2 Å². The van der Waals surface area contributed by atoms with Gasteiger partial charge in [-0.15, -0.1) is 0 Å². The van der Waals surface area contributed by atoms with E-state index >= 15 is 0 Å². The second-order valence-corrected chi connectivity index (χ2v) is 9.42. The van der Waals surface area contributed by atoms with Crippen molar-refractivity contribution in [2.24, 2.45) is 20.5 Å². The molecule has 11 nitrogen and oxygen atoms in total. The number of aromatic hydroxyl groups is 2. The van der Waals surface area contributed by atoms with E-state index < -0.39 is 26.5 Å². The molecular formula is C26H25N4NaO7S. The Morgan fingerprint density at radius 1 is 0.718 bits per heavy atom. The molecule has 0 bridgehead atoms. The molecule has 39 heavy (non-hydrogen) atoms. The van der Waals surface area contributed by atoms with Crippen LogP contribution in [0.1, 0.15) is 11.1 Å². The fourth-order valence-corrected chi connectivity index (χ4v) is 4.31. The Kier molecular flexibility index (Phi) is 10.0. The van der Waals surface area contributed by atoms with Gasteiger partial charge in [-0.25, -0.2) is 0 Å². The Morgan fingerprint density at radius 2 is 1.18 bits per heavy atom. The summed E-state index contributed by atoms with van der Waals surface area (Å²) in [5.74, 6) is -0.109. The summed E-state index contributed by atoms with van der Waals surface area (Å²) in [5.41, 5.74) is 1.13. The summed E-state index contributed by atoms with van der Waals surface area (Å²) in [6.07, 6.45) is 0. The Hall–Kier alpha value is -3.55. The maximum absolute atomic E-state index is 11.8. The second-order valence-electron chi connectivity index (χ2n) is 8.00. The van der Waals surface area contributed by atoms with Crippen molar-refractivity contribution in [1.29, 1.82) is 0 Å². The monoisotopic (exact) mass is 560 g/mol. The summed E-state index contributed by atoms with van der Waals surface area (Å²) >= 11 is 0. The summed E-state index contributed by atoms with van der Waals surface area (Å²) in [6.45, 7) is 0.180. The van der Waals surface area contributed by atoms with Crippen molar-refractivity contribution >= 4 is 61.8 Å². The second kappa shape index (κ2) is 13.0. The van der Waals surface area contributed by atoms with Crippen molar-refractivity contribution in [3.05, 3.63) is 77.9 Å². The molecule has 0 amide bonds. The van der Waals surface area contributed by atoms with Crippen LogP contribution in [-0.2, 0) is 23.2 Å². The number of ether oxygens (including phenoxy) is 2. The van der Waals surface area contributed by atoms with Gasteiger partial charge in [-0.2, -0.15) is 28.9 Å². The van der Waals surface area contributed by atoms with Gasteiger partial charge in [0.15, 0.2) is 11.5 Å². The van der Waals surface area contributed by atoms with Crippen LogP contribution >= 0.6 is 0 Å². The van der Waals surface area contributed by atoms with Crippen LogP contribution in [0.2, 0.25) is 0 Å². The number of phenols is 2. The van der Waals surface area contributed by atoms with E-state index in [1.54, 1.807) is 36.4 Å². The number of rotatable bonds is 9. The van der Waals surface area contributed by atoms with Crippen LogP contribution in [-0.4, -0.2) is 67.0 Å². The zero-order valence-electron chi connectivity index (χ0n) is 20.4. The summed E-state index contributed by atoms with van der Waals surface area (Å²) in [5, 5.41) is 38.3. The molecule has 4 aromatic carbocycles. The minimum atomic E-state index is -4.58. The molecular weight excluding hydrogens is 535 g/mol. The topological polar surface area (TPSA) is 163 Å². The molecule has 0 fully saturated rings. The molecule has 0 aromatic heterocycles. The summed E-state index contributed by atoms with van der Waals surface area (Å²) in [6, 6.07) is 17.9. The van der Waals surface area contributed by atoms with Gasteiger partial charge in [0.25, 0.3) is 10.1 Å². The number of fused-ring (bicyclic) bond motifs is 1. The van der Waals surface area contributed by atoms with Gasteiger partial charge >= 0.3 is 29.6 Å². The Labute approximate surface area is 246 Å². The summed E-state index contributed by atoms with van der Waals surface area (Å²) < 4.78 is 43.8. The van der Waals surface area contributed by atoms with Crippen molar-refractivity contribution in [2.75, 3.05) is 14.2 Å². The first-order chi connectivity index (χ1) is 18.2. The zero-order chi connectivity index (χ0) is 27.3. The molecule has 0 aliphatic heterocycles. The molecule has 0 saturated carbocycles. The maximum atomic E-state index is 11.8. The molecule has 4 aromatic rings. The van der Waals surface area contributed by atoms with Crippen LogP contribution < -0.4 is 9.47 Å². The SMILES string of the molecule is COc1ccccc1CN=Nc1c(O)c(O)c(N=NCc2ccccc2OC)c2cc(S(=O)(=O)O)ccc12.[NaH]. The number of benzene rings is 4. The molecule has 0 unspecified atom stereocenters. The molecule has 198 valence electrons. The molecule has 3 N–H and O–H groups in total. The van der Waals surface area contributed by atoms with E-state index in [1.165, 1.54) is 20.3 Å². The number of hydrogen-bond donors (Lipinski definition) is 3. The van der Waals surface area contributed by atoms with E-state index in [1.807, 2.05) is 12.1 Å². The summed E-state index contributed by atoms with van der Waals surface area (Å²) in [7, 11) is -1.53. The number of phenolic OH excluding ortho intramolecular Hbond substituents is 2. The van der Waals surface area contributed by atoms with Crippen LogP contribution in [0.3, 0.4) is 0 Å². The van der Waals surface area contributed by atoms with E-state index in [2.05, 4.69) is 20.5 Å². The molecule has 0 saturated heterocycles. The van der Waals surface area contributed by atoms with Crippen molar-refractivity contribution in [3.63, 3.8) is 0 Å². The molecule has 0 atom stereocenters. The third-order valence-corrected chi connectivity index (χ3v) is 6.53. The van der Waals surface area contributed by atoms with Gasteiger partial charge in [-0.3, -0.25) is 4.55 Å². The van der Waals surface area contributed by atoms with Crippen LogP contribution in [0.25, 0.3) is 10.8 Å². The first-order valence-electron chi connectivity index (χ1n) is 11.2. The Bertz CT molecular complexity index is 1660.